The van der Waals surface area contributed by atoms with Crippen molar-refractivity contribution in [3.05, 3.63) is 20.5 Å². The van der Waals surface area contributed by atoms with E-state index in [9.17, 15) is 4.79 Å². The standard InChI is InChI=1S/C7H10Cl2N2OSi/c1-13(2,3)5-4(12)6(8)10-11-7(5)9/h1-3H3,(H,11,12). The maximum atomic E-state index is 11.6. The Bertz CT molecular complexity index is 383. The van der Waals surface area contributed by atoms with Gasteiger partial charge in [0.2, 0.25) is 5.43 Å². The van der Waals surface area contributed by atoms with E-state index in [1.54, 1.807) is 0 Å². The minimum absolute atomic E-state index is 0.0400. The maximum Gasteiger partial charge on any atom is 0.219 e. The zero-order valence-electron chi connectivity index (χ0n) is 7.61. The van der Waals surface area contributed by atoms with Gasteiger partial charge in [0, 0.05) is 5.19 Å². The van der Waals surface area contributed by atoms with E-state index in [1.165, 1.54) is 0 Å². The SMILES string of the molecule is C[Si](C)(C)c1c(Cl)[nH]nc(Cl)c1=O. The Hall–Kier alpha value is -0.323. The lowest BCUT2D eigenvalue weighted by atomic mass is 10.5. The molecule has 1 heterocycles. The Morgan fingerprint density at radius 1 is 1.31 bits per heavy atom. The van der Waals surface area contributed by atoms with Gasteiger partial charge in [-0.05, 0) is 0 Å². The topological polar surface area (TPSA) is 45.8 Å². The van der Waals surface area contributed by atoms with Crippen LogP contribution in [0.3, 0.4) is 0 Å². The molecule has 6 heteroatoms. The quantitative estimate of drug-likeness (QED) is 0.754. The number of hydrogen-bond acceptors (Lipinski definition) is 2. The molecule has 0 unspecified atom stereocenters. The van der Waals surface area contributed by atoms with Crippen LogP contribution >= 0.6 is 23.2 Å². The fraction of sp³-hybridized carbons (Fsp3) is 0.429. The van der Waals surface area contributed by atoms with E-state index in [-0.39, 0.29) is 10.6 Å². The Morgan fingerprint density at radius 2 is 1.85 bits per heavy atom. The van der Waals surface area contributed by atoms with Crippen LogP contribution in [-0.2, 0) is 0 Å². The molecule has 0 aromatic carbocycles. The summed E-state index contributed by atoms with van der Waals surface area (Å²) in [4.78, 5) is 11.6. The highest BCUT2D eigenvalue weighted by molar-refractivity contribution is 6.90. The number of nitrogens with zero attached hydrogens (tertiary/aromatic N) is 1. The Kier molecular flexibility index (Phi) is 2.84. The highest BCUT2D eigenvalue weighted by atomic mass is 35.5. The van der Waals surface area contributed by atoms with E-state index >= 15 is 0 Å². The third kappa shape index (κ3) is 2.13. The second-order valence-corrected chi connectivity index (χ2v) is 9.52. The lowest BCUT2D eigenvalue weighted by Gasteiger charge is -2.16. The zero-order valence-corrected chi connectivity index (χ0v) is 10.1. The first kappa shape index (κ1) is 10.8. The molecular formula is C7H10Cl2N2OSi. The summed E-state index contributed by atoms with van der Waals surface area (Å²) in [5, 5.41) is 6.98. The molecule has 0 fully saturated rings. The molecule has 0 saturated carbocycles. The fourth-order valence-corrected chi connectivity index (χ4v) is 3.79. The molecule has 0 radical (unpaired) electrons. The molecule has 0 aliphatic carbocycles. The van der Waals surface area contributed by atoms with Gasteiger partial charge in [-0.2, -0.15) is 5.10 Å². The van der Waals surface area contributed by atoms with Gasteiger partial charge in [-0.1, -0.05) is 42.8 Å². The van der Waals surface area contributed by atoms with Crippen molar-refractivity contribution in [2.75, 3.05) is 0 Å². The van der Waals surface area contributed by atoms with Gasteiger partial charge in [-0.15, -0.1) is 0 Å². The van der Waals surface area contributed by atoms with Crippen LogP contribution in [0.1, 0.15) is 0 Å². The summed E-state index contributed by atoms with van der Waals surface area (Å²) in [5.74, 6) is 0. The molecule has 0 amide bonds. The van der Waals surface area contributed by atoms with E-state index in [4.69, 9.17) is 23.2 Å². The molecule has 0 aliphatic rings. The van der Waals surface area contributed by atoms with Gasteiger partial charge in [0.25, 0.3) is 0 Å². The molecule has 0 atom stereocenters. The number of aromatic amines is 1. The molecule has 0 bridgehead atoms. The van der Waals surface area contributed by atoms with Crippen LogP contribution in [0.2, 0.25) is 29.9 Å². The molecule has 3 nitrogen and oxygen atoms in total. The van der Waals surface area contributed by atoms with Crippen molar-refractivity contribution < 1.29 is 0 Å². The first-order chi connectivity index (χ1) is 5.84. The molecule has 0 aliphatic heterocycles. The first-order valence-corrected chi connectivity index (χ1v) is 8.04. The maximum absolute atomic E-state index is 11.6. The molecule has 13 heavy (non-hydrogen) atoms. The zero-order chi connectivity index (χ0) is 10.2. The van der Waals surface area contributed by atoms with Gasteiger partial charge >= 0.3 is 0 Å². The van der Waals surface area contributed by atoms with E-state index in [2.05, 4.69) is 10.2 Å². The van der Waals surface area contributed by atoms with E-state index in [0.29, 0.717) is 10.3 Å². The highest BCUT2D eigenvalue weighted by Crippen LogP contribution is 2.07. The van der Waals surface area contributed by atoms with Crippen LogP contribution in [0.25, 0.3) is 0 Å². The van der Waals surface area contributed by atoms with Crippen LogP contribution < -0.4 is 10.6 Å². The van der Waals surface area contributed by atoms with Crippen molar-refractivity contribution in [1.82, 2.24) is 10.2 Å². The van der Waals surface area contributed by atoms with Crippen LogP contribution in [0.5, 0.6) is 0 Å². The summed E-state index contributed by atoms with van der Waals surface area (Å²) in [7, 11) is -1.75. The minimum atomic E-state index is -1.75. The van der Waals surface area contributed by atoms with Crippen molar-refractivity contribution in [2.24, 2.45) is 0 Å². The van der Waals surface area contributed by atoms with E-state index in [0.717, 1.165) is 0 Å². The molecule has 0 saturated heterocycles. The summed E-state index contributed by atoms with van der Waals surface area (Å²) in [6.45, 7) is 6.08. The van der Waals surface area contributed by atoms with Crippen molar-refractivity contribution in [3.8, 4) is 0 Å². The Morgan fingerprint density at radius 3 is 2.23 bits per heavy atom. The summed E-state index contributed by atoms with van der Waals surface area (Å²) in [5.41, 5.74) is -0.246. The molecule has 1 N–H and O–H groups in total. The fourth-order valence-electron chi connectivity index (χ4n) is 1.08. The average molecular weight is 237 g/mol. The van der Waals surface area contributed by atoms with Crippen LogP contribution in [0, 0.1) is 0 Å². The summed E-state index contributed by atoms with van der Waals surface area (Å²) >= 11 is 11.4. The highest BCUT2D eigenvalue weighted by Gasteiger charge is 2.25. The average Bonchev–Trinajstić information content (AvgIpc) is 1.95. The minimum Gasteiger partial charge on any atom is -0.286 e. The van der Waals surface area contributed by atoms with Gasteiger partial charge < -0.3 is 0 Å². The normalized spacial score (nSPS) is 11.8. The van der Waals surface area contributed by atoms with Crippen molar-refractivity contribution >= 4 is 36.5 Å². The van der Waals surface area contributed by atoms with Gasteiger partial charge in [0.05, 0.1) is 8.07 Å². The van der Waals surface area contributed by atoms with Crippen molar-refractivity contribution in [2.45, 2.75) is 19.6 Å². The molecule has 1 aromatic rings. The number of halogens is 2. The molecule has 72 valence electrons. The Labute approximate surface area is 87.1 Å². The van der Waals surface area contributed by atoms with Crippen molar-refractivity contribution in [3.63, 3.8) is 0 Å². The van der Waals surface area contributed by atoms with Crippen LogP contribution in [0.15, 0.2) is 4.79 Å². The Balaban J connectivity index is 3.53. The summed E-state index contributed by atoms with van der Waals surface area (Å²) in [6.07, 6.45) is 0. The monoisotopic (exact) mass is 236 g/mol. The van der Waals surface area contributed by atoms with Crippen LogP contribution in [-0.4, -0.2) is 18.3 Å². The van der Waals surface area contributed by atoms with Gasteiger partial charge in [-0.25, -0.2) is 0 Å². The molecular weight excluding hydrogens is 227 g/mol. The number of aromatic nitrogens is 2. The predicted octanol–water partition coefficient (Wildman–Crippen LogP) is 1.62. The molecule has 1 aromatic heterocycles. The number of rotatable bonds is 1. The second-order valence-electron chi connectivity index (χ2n) is 3.78. The molecule has 1 rings (SSSR count). The lowest BCUT2D eigenvalue weighted by molar-refractivity contribution is 1.03. The number of hydrogen-bond donors (Lipinski definition) is 1. The van der Waals surface area contributed by atoms with E-state index in [1.807, 2.05) is 19.6 Å². The first-order valence-electron chi connectivity index (χ1n) is 3.78. The summed E-state index contributed by atoms with van der Waals surface area (Å²) < 4.78 is 0. The lowest BCUT2D eigenvalue weighted by Crippen LogP contribution is -2.48. The number of H-pyrrole nitrogens is 1. The molecule has 0 spiro atoms. The van der Waals surface area contributed by atoms with E-state index < -0.39 is 8.07 Å². The van der Waals surface area contributed by atoms with Crippen molar-refractivity contribution in [1.29, 1.82) is 0 Å². The van der Waals surface area contributed by atoms with Gasteiger partial charge in [0.15, 0.2) is 5.15 Å². The van der Waals surface area contributed by atoms with Crippen LogP contribution in [0.4, 0.5) is 0 Å². The second kappa shape index (κ2) is 3.44. The third-order valence-corrected chi connectivity index (χ3v) is 4.30. The number of nitrogens with one attached hydrogen (secondary N) is 1. The van der Waals surface area contributed by atoms with Gasteiger partial charge in [-0.3, -0.25) is 9.89 Å². The third-order valence-electron chi connectivity index (χ3n) is 1.64. The van der Waals surface area contributed by atoms with Gasteiger partial charge in [0.1, 0.15) is 5.15 Å². The summed E-state index contributed by atoms with van der Waals surface area (Å²) in [6, 6.07) is 0. The largest absolute Gasteiger partial charge is 0.286 e. The smallest absolute Gasteiger partial charge is 0.219 e. The predicted molar refractivity (Wildman–Crippen MR) is 57.9 cm³/mol.